The van der Waals surface area contributed by atoms with Gasteiger partial charge in [0, 0.05) is 24.3 Å². The summed E-state index contributed by atoms with van der Waals surface area (Å²) in [6.45, 7) is 4.98. The molecule has 1 heterocycles. The third-order valence-corrected chi connectivity index (χ3v) is 4.50. The molecule has 1 fully saturated rings. The number of likely N-dealkylation sites (tertiary alicyclic amines) is 1. The molecule has 0 bridgehead atoms. The van der Waals surface area contributed by atoms with Gasteiger partial charge in [0.15, 0.2) is 0 Å². The van der Waals surface area contributed by atoms with E-state index in [9.17, 15) is 8.42 Å². The highest BCUT2D eigenvalue weighted by atomic mass is 35.7. The van der Waals surface area contributed by atoms with Gasteiger partial charge in [0.25, 0.3) is 0 Å². The molecule has 0 aromatic carbocycles. The van der Waals surface area contributed by atoms with Crippen molar-refractivity contribution >= 4 is 19.7 Å². The van der Waals surface area contributed by atoms with Crippen LogP contribution in [0.3, 0.4) is 0 Å². The van der Waals surface area contributed by atoms with E-state index < -0.39 is 14.7 Å². The van der Waals surface area contributed by atoms with Crippen LogP contribution >= 0.6 is 10.7 Å². The first kappa shape index (κ1) is 14.2. The fraction of sp³-hybridized carbons (Fsp3) is 1.00. The zero-order valence-corrected chi connectivity index (χ0v) is 11.5. The van der Waals surface area contributed by atoms with E-state index in [1.807, 2.05) is 0 Å². The molecular weight excluding hydrogens is 250 g/mol. The van der Waals surface area contributed by atoms with Crippen molar-refractivity contribution in [1.82, 2.24) is 4.90 Å². The topological polar surface area (TPSA) is 46.6 Å². The molecule has 1 aliphatic heterocycles. The molecule has 0 saturated carbocycles. The molecule has 96 valence electrons. The first-order chi connectivity index (χ1) is 7.41. The molecule has 0 aromatic heterocycles. The average Bonchev–Trinajstić information content (AvgIpc) is 2.39. The van der Waals surface area contributed by atoms with E-state index in [0.717, 1.165) is 38.9 Å². The number of halogens is 1. The molecule has 0 radical (unpaired) electrons. The van der Waals surface area contributed by atoms with Gasteiger partial charge in [-0.2, -0.15) is 0 Å². The lowest BCUT2D eigenvalue weighted by Gasteiger charge is -2.30. The van der Waals surface area contributed by atoms with Crippen LogP contribution in [0.1, 0.15) is 26.2 Å². The minimum absolute atomic E-state index is 0.0877. The molecule has 1 saturated heterocycles. The van der Waals surface area contributed by atoms with Crippen LogP contribution in [-0.4, -0.2) is 51.4 Å². The zero-order chi connectivity index (χ0) is 12.2. The normalized spacial score (nSPS) is 28.9. The number of ether oxygens (including phenoxy) is 1. The van der Waals surface area contributed by atoms with Gasteiger partial charge in [-0.1, -0.05) is 6.92 Å². The minimum Gasteiger partial charge on any atom is -0.377 e. The quantitative estimate of drug-likeness (QED) is 0.725. The Morgan fingerprint density at radius 2 is 2.06 bits per heavy atom. The second-order valence-electron chi connectivity index (χ2n) is 4.36. The van der Waals surface area contributed by atoms with Gasteiger partial charge >= 0.3 is 0 Å². The average molecular weight is 270 g/mol. The maximum absolute atomic E-state index is 11.2. The molecule has 1 atom stereocenters. The minimum atomic E-state index is -3.51. The predicted molar refractivity (Wildman–Crippen MR) is 65.3 cm³/mol. The van der Waals surface area contributed by atoms with Crippen LogP contribution in [0.15, 0.2) is 0 Å². The van der Waals surface area contributed by atoms with Gasteiger partial charge < -0.3 is 9.64 Å². The van der Waals surface area contributed by atoms with E-state index >= 15 is 0 Å². The molecule has 16 heavy (non-hydrogen) atoms. The van der Waals surface area contributed by atoms with Crippen molar-refractivity contribution in [3.63, 3.8) is 0 Å². The van der Waals surface area contributed by atoms with Gasteiger partial charge in [-0.3, -0.25) is 0 Å². The predicted octanol–water partition coefficient (Wildman–Crippen LogP) is 1.45. The van der Waals surface area contributed by atoms with Gasteiger partial charge in [-0.05, 0) is 32.4 Å². The number of rotatable bonds is 4. The van der Waals surface area contributed by atoms with Crippen molar-refractivity contribution in [2.75, 3.05) is 32.5 Å². The Morgan fingerprint density at radius 3 is 2.56 bits per heavy atom. The zero-order valence-electron chi connectivity index (χ0n) is 9.91. The van der Waals surface area contributed by atoms with Crippen LogP contribution in [0, 0.1) is 0 Å². The molecule has 0 spiro atoms. The van der Waals surface area contributed by atoms with Crippen LogP contribution in [-0.2, 0) is 13.8 Å². The number of hydrogen-bond donors (Lipinski definition) is 0. The first-order valence-corrected chi connectivity index (χ1v) is 8.08. The van der Waals surface area contributed by atoms with Gasteiger partial charge in [0.1, 0.15) is 0 Å². The molecule has 0 aliphatic carbocycles. The van der Waals surface area contributed by atoms with Gasteiger partial charge in [-0.25, -0.2) is 8.42 Å². The summed E-state index contributed by atoms with van der Waals surface area (Å²) in [5.41, 5.74) is -0.593. The maximum Gasteiger partial charge on any atom is 0.235 e. The molecule has 1 rings (SSSR count). The van der Waals surface area contributed by atoms with Gasteiger partial charge in [0.2, 0.25) is 9.05 Å². The second-order valence-corrected chi connectivity index (χ2v) is 7.14. The van der Waals surface area contributed by atoms with Crippen molar-refractivity contribution in [3.8, 4) is 0 Å². The molecular formula is C10H20ClNO3S. The Morgan fingerprint density at radius 1 is 1.38 bits per heavy atom. The summed E-state index contributed by atoms with van der Waals surface area (Å²) in [6.07, 6.45) is 2.43. The Kier molecular flexibility index (Phi) is 5.04. The van der Waals surface area contributed by atoms with Crippen LogP contribution in [0.5, 0.6) is 0 Å². The van der Waals surface area contributed by atoms with Crippen molar-refractivity contribution < 1.29 is 13.2 Å². The molecule has 0 aromatic rings. The van der Waals surface area contributed by atoms with Crippen molar-refractivity contribution in [1.29, 1.82) is 0 Å². The van der Waals surface area contributed by atoms with Gasteiger partial charge in [-0.15, -0.1) is 0 Å². The van der Waals surface area contributed by atoms with E-state index in [1.165, 1.54) is 0 Å². The smallest absolute Gasteiger partial charge is 0.235 e. The SMILES string of the molecule is CCN1CCCC(CS(=O)(=O)Cl)(OC)CC1. The molecule has 4 nitrogen and oxygen atoms in total. The fourth-order valence-electron chi connectivity index (χ4n) is 2.26. The summed E-state index contributed by atoms with van der Waals surface area (Å²) in [6, 6.07) is 0. The number of hydrogen-bond acceptors (Lipinski definition) is 4. The molecule has 1 aliphatic rings. The van der Waals surface area contributed by atoms with Crippen molar-refractivity contribution in [2.45, 2.75) is 31.8 Å². The summed E-state index contributed by atoms with van der Waals surface area (Å²) in [5, 5.41) is 0. The summed E-state index contributed by atoms with van der Waals surface area (Å²) in [4.78, 5) is 2.31. The third-order valence-electron chi connectivity index (χ3n) is 3.31. The van der Waals surface area contributed by atoms with E-state index in [1.54, 1.807) is 7.11 Å². The Labute approximate surface area is 102 Å². The highest BCUT2D eigenvalue weighted by Gasteiger charge is 2.36. The Hall–Kier alpha value is 0.160. The van der Waals surface area contributed by atoms with Crippen LogP contribution < -0.4 is 0 Å². The lowest BCUT2D eigenvalue weighted by molar-refractivity contribution is -0.00234. The highest BCUT2D eigenvalue weighted by Crippen LogP contribution is 2.28. The molecule has 1 unspecified atom stereocenters. The van der Waals surface area contributed by atoms with E-state index in [-0.39, 0.29) is 5.75 Å². The lowest BCUT2D eigenvalue weighted by atomic mass is 9.97. The highest BCUT2D eigenvalue weighted by molar-refractivity contribution is 8.13. The fourth-order valence-corrected chi connectivity index (χ4v) is 3.89. The standard InChI is InChI=1S/C10H20ClNO3S/c1-3-12-7-4-5-10(15-2,6-8-12)9-16(11,13)14/h3-9H2,1-2H3. The maximum atomic E-state index is 11.2. The van der Waals surface area contributed by atoms with Crippen molar-refractivity contribution in [3.05, 3.63) is 0 Å². The summed E-state index contributed by atoms with van der Waals surface area (Å²) in [5.74, 6) is -0.0877. The second kappa shape index (κ2) is 5.67. The Balaban J connectivity index is 2.72. The Bertz CT molecular complexity index is 320. The summed E-state index contributed by atoms with van der Waals surface area (Å²) in [7, 11) is 3.40. The molecule has 0 amide bonds. The third kappa shape index (κ3) is 4.20. The van der Waals surface area contributed by atoms with Crippen LogP contribution in [0.25, 0.3) is 0 Å². The van der Waals surface area contributed by atoms with Crippen molar-refractivity contribution in [2.24, 2.45) is 0 Å². The van der Waals surface area contributed by atoms with E-state index in [0.29, 0.717) is 0 Å². The van der Waals surface area contributed by atoms with Crippen LogP contribution in [0.4, 0.5) is 0 Å². The largest absolute Gasteiger partial charge is 0.377 e. The molecule has 6 heteroatoms. The van der Waals surface area contributed by atoms with Crippen LogP contribution in [0.2, 0.25) is 0 Å². The number of methoxy groups -OCH3 is 1. The summed E-state index contributed by atoms with van der Waals surface area (Å²) >= 11 is 0. The first-order valence-electron chi connectivity index (χ1n) is 5.61. The van der Waals surface area contributed by atoms with E-state index in [2.05, 4.69) is 11.8 Å². The summed E-state index contributed by atoms with van der Waals surface area (Å²) < 4.78 is 27.8. The van der Waals surface area contributed by atoms with Gasteiger partial charge in [0.05, 0.1) is 11.4 Å². The molecule has 0 N–H and O–H groups in total. The number of nitrogens with zero attached hydrogens (tertiary/aromatic N) is 1. The van der Waals surface area contributed by atoms with E-state index in [4.69, 9.17) is 15.4 Å². The monoisotopic (exact) mass is 269 g/mol. The lowest BCUT2D eigenvalue weighted by Crippen LogP contribution is -2.39.